The second kappa shape index (κ2) is 12.1. The van der Waals surface area contributed by atoms with Crippen molar-refractivity contribution in [1.82, 2.24) is 4.98 Å². The largest absolute Gasteiger partial charge is 0.503 e. The Balaban J connectivity index is 1.61. The highest BCUT2D eigenvalue weighted by atomic mass is 32.1. The van der Waals surface area contributed by atoms with Crippen molar-refractivity contribution in [3.05, 3.63) is 75.7 Å². The lowest BCUT2D eigenvalue weighted by Gasteiger charge is -2.25. The second-order valence-electron chi connectivity index (χ2n) is 9.17. The standard InChI is InChI=1S/C30H30N2O6S2/c1-4-6-7-14-38-21-13-10-18(16-22(21)37-5-2)26-25(27(33)23-9-8-15-39-23)28(34)29(35)32(26)30-31-20-12-11-19(36-3)17-24(20)40-30/h8-13,15-17,26,34H,4-7,14H2,1-3H3. The molecule has 1 atom stereocenters. The average Bonchev–Trinajstić information content (AvgIpc) is 3.70. The summed E-state index contributed by atoms with van der Waals surface area (Å²) in [4.78, 5) is 33.8. The second-order valence-corrected chi connectivity index (χ2v) is 11.1. The predicted octanol–water partition coefficient (Wildman–Crippen LogP) is 7.12. The number of thiazole rings is 1. The lowest BCUT2D eigenvalue weighted by atomic mass is 9.95. The third kappa shape index (κ3) is 5.29. The molecule has 0 fully saturated rings. The zero-order valence-electron chi connectivity index (χ0n) is 22.5. The van der Waals surface area contributed by atoms with Crippen LogP contribution in [0, 0.1) is 0 Å². The third-order valence-corrected chi connectivity index (χ3v) is 8.46. The van der Waals surface area contributed by atoms with Gasteiger partial charge in [0.25, 0.3) is 5.91 Å². The van der Waals surface area contributed by atoms with Crippen molar-refractivity contribution in [3.8, 4) is 17.2 Å². The van der Waals surface area contributed by atoms with Gasteiger partial charge in [0.2, 0.25) is 5.78 Å². The van der Waals surface area contributed by atoms with Gasteiger partial charge in [-0.05, 0) is 60.7 Å². The maximum atomic E-state index is 13.7. The molecule has 8 nitrogen and oxygen atoms in total. The van der Waals surface area contributed by atoms with Gasteiger partial charge < -0.3 is 19.3 Å². The number of rotatable bonds is 12. The highest BCUT2D eigenvalue weighted by Gasteiger charge is 2.46. The number of aliphatic hydroxyl groups excluding tert-OH is 1. The quantitative estimate of drug-likeness (QED) is 0.141. The summed E-state index contributed by atoms with van der Waals surface area (Å²) in [5.41, 5.74) is 1.28. The molecule has 0 aliphatic carbocycles. The van der Waals surface area contributed by atoms with Gasteiger partial charge in [-0.15, -0.1) is 11.3 Å². The Morgan fingerprint density at radius 3 is 2.65 bits per heavy atom. The van der Waals surface area contributed by atoms with Gasteiger partial charge in [0.1, 0.15) is 5.75 Å². The van der Waals surface area contributed by atoms with E-state index in [1.807, 2.05) is 19.1 Å². The average molecular weight is 579 g/mol. The summed E-state index contributed by atoms with van der Waals surface area (Å²) < 4.78 is 18.1. The molecule has 3 heterocycles. The molecule has 1 unspecified atom stereocenters. The van der Waals surface area contributed by atoms with Gasteiger partial charge in [0.05, 0.1) is 47.0 Å². The Labute approximate surface area is 240 Å². The number of fused-ring (bicyclic) bond motifs is 1. The van der Waals surface area contributed by atoms with Crippen molar-refractivity contribution in [1.29, 1.82) is 0 Å². The van der Waals surface area contributed by atoms with Crippen molar-refractivity contribution in [2.24, 2.45) is 0 Å². The topological polar surface area (TPSA) is 98.2 Å². The number of unbranched alkanes of at least 4 members (excludes halogenated alkanes) is 2. The number of aromatic nitrogens is 1. The van der Waals surface area contributed by atoms with E-state index in [0.29, 0.717) is 51.6 Å². The number of carbonyl (C=O) groups is 2. The van der Waals surface area contributed by atoms with E-state index in [0.717, 1.165) is 24.0 Å². The fourth-order valence-electron chi connectivity index (χ4n) is 4.63. The Kier molecular flexibility index (Phi) is 8.37. The number of aliphatic hydroxyl groups is 1. The number of carbonyl (C=O) groups excluding carboxylic acids is 2. The molecule has 0 spiro atoms. The molecule has 2 aromatic heterocycles. The molecular weight excluding hydrogens is 548 g/mol. The van der Waals surface area contributed by atoms with Crippen LogP contribution in [0.1, 0.15) is 54.4 Å². The number of methoxy groups -OCH3 is 1. The number of hydrogen-bond donors (Lipinski definition) is 1. The molecule has 0 saturated heterocycles. The van der Waals surface area contributed by atoms with E-state index in [1.54, 1.807) is 48.9 Å². The van der Waals surface area contributed by atoms with Gasteiger partial charge in [-0.3, -0.25) is 14.5 Å². The number of amides is 1. The van der Waals surface area contributed by atoms with E-state index in [9.17, 15) is 14.7 Å². The van der Waals surface area contributed by atoms with Crippen LogP contribution in [0.2, 0.25) is 0 Å². The van der Waals surface area contributed by atoms with Gasteiger partial charge in [-0.2, -0.15) is 0 Å². The number of thiophene rings is 1. The van der Waals surface area contributed by atoms with Gasteiger partial charge in [0, 0.05) is 0 Å². The molecule has 1 aliphatic heterocycles. The SMILES string of the molecule is CCCCCOc1ccc(C2C(C(=O)c3cccs3)=C(O)C(=O)N2c2nc3ccc(OC)cc3s2)cc1OCC. The third-order valence-electron chi connectivity index (χ3n) is 6.58. The van der Waals surface area contributed by atoms with Crippen LogP contribution < -0.4 is 19.1 Å². The molecule has 5 rings (SSSR count). The fourth-order valence-corrected chi connectivity index (χ4v) is 6.33. The highest BCUT2D eigenvalue weighted by Crippen LogP contribution is 2.46. The van der Waals surface area contributed by atoms with Gasteiger partial charge >= 0.3 is 0 Å². The first-order valence-corrected chi connectivity index (χ1v) is 14.8. The summed E-state index contributed by atoms with van der Waals surface area (Å²) in [6.07, 6.45) is 3.07. The summed E-state index contributed by atoms with van der Waals surface area (Å²) in [5.74, 6) is 0.0782. The van der Waals surface area contributed by atoms with Crippen LogP contribution in [0.3, 0.4) is 0 Å². The predicted molar refractivity (Wildman–Crippen MR) is 157 cm³/mol. The van der Waals surface area contributed by atoms with Crippen LogP contribution >= 0.6 is 22.7 Å². The van der Waals surface area contributed by atoms with E-state index >= 15 is 0 Å². The molecule has 2 aromatic carbocycles. The first kappa shape index (κ1) is 27.7. The zero-order valence-corrected chi connectivity index (χ0v) is 24.1. The zero-order chi connectivity index (χ0) is 28.2. The lowest BCUT2D eigenvalue weighted by molar-refractivity contribution is -0.117. The van der Waals surface area contributed by atoms with Crippen molar-refractivity contribution < 1.29 is 28.9 Å². The van der Waals surface area contributed by atoms with Crippen molar-refractivity contribution in [2.75, 3.05) is 25.2 Å². The van der Waals surface area contributed by atoms with Crippen molar-refractivity contribution in [2.45, 2.75) is 39.2 Å². The maximum absolute atomic E-state index is 13.7. The Hall–Kier alpha value is -3.89. The Bertz CT molecular complexity index is 1560. The van der Waals surface area contributed by atoms with Crippen LogP contribution in [0.15, 0.2) is 65.2 Å². The maximum Gasteiger partial charge on any atom is 0.296 e. The summed E-state index contributed by atoms with van der Waals surface area (Å²) >= 11 is 2.54. The van der Waals surface area contributed by atoms with Gasteiger partial charge in [-0.25, -0.2) is 4.98 Å². The van der Waals surface area contributed by atoms with Crippen LogP contribution in [0.25, 0.3) is 10.2 Å². The molecule has 0 bridgehead atoms. The first-order chi connectivity index (χ1) is 19.5. The molecule has 40 heavy (non-hydrogen) atoms. The first-order valence-electron chi connectivity index (χ1n) is 13.2. The minimum Gasteiger partial charge on any atom is -0.503 e. The molecular formula is C30H30N2O6S2. The Morgan fingerprint density at radius 2 is 1.93 bits per heavy atom. The van der Waals surface area contributed by atoms with E-state index in [1.165, 1.54) is 27.6 Å². The number of nitrogens with zero attached hydrogens (tertiary/aromatic N) is 2. The van der Waals surface area contributed by atoms with E-state index in [-0.39, 0.29) is 5.57 Å². The van der Waals surface area contributed by atoms with Gasteiger partial charge in [0.15, 0.2) is 22.4 Å². The van der Waals surface area contributed by atoms with Crippen LogP contribution in [0.4, 0.5) is 5.13 Å². The normalized spacial score (nSPS) is 15.2. The number of ether oxygens (including phenoxy) is 3. The summed E-state index contributed by atoms with van der Waals surface area (Å²) in [5, 5.41) is 13.3. The Morgan fingerprint density at radius 1 is 1.07 bits per heavy atom. The minimum atomic E-state index is -0.919. The summed E-state index contributed by atoms with van der Waals surface area (Å²) in [7, 11) is 1.58. The molecule has 208 valence electrons. The van der Waals surface area contributed by atoms with E-state index in [4.69, 9.17) is 14.2 Å². The number of ketones is 1. The molecule has 0 radical (unpaired) electrons. The summed E-state index contributed by atoms with van der Waals surface area (Å²) in [6, 6.07) is 13.3. The lowest BCUT2D eigenvalue weighted by Crippen LogP contribution is -2.31. The molecule has 10 heteroatoms. The number of anilines is 1. The van der Waals surface area contributed by atoms with Crippen LogP contribution in [-0.4, -0.2) is 42.1 Å². The minimum absolute atomic E-state index is 0.00310. The number of Topliss-reactive ketones (excluding diaryl/α,β-unsaturated/α-hetero) is 1. The highest BCUT2D eigenvalue weighted by molar-refractivity contribution is 7.22. The molecule has 1 aliphatic rings. The van der Waals surface area contributed by atoms with Crippen LogP contribution in [0.5, 0.6) is 17.2 Å². The summed E-state index contributed by atoms with van der Waals surface area (Å²) in [6.45, 7) is 4.98. The van der Waals surface area contributed by atoms with Crippen LogP contribution in [-0.2, 0) is 4.79 Å². The fraction of sp³-hybridized carbons (Fsp3) is 0.300. The van der Waals surface area contributed by atoms with Crippen molar-refractivity contribution in [3.63, 3.8) is 0 Å². The molecule has 1 amide bonds. The van der Waals surface area contributed by atoms with E-state index in [2.05, 4.69) is 11.9 Å². The smallest absolute Gasteiger partial charge is 0.296 e. The molecule has 4 aromatic rings. The molecule has 1 N–H and O–H groups in total. The molecule has 0 saturated carbocycles. The van der Waals surface area contributed by atoms with Gasteiger partial charge in [-0.1, -0.05) is 43.2 Å². The van der Waals surface area contributed by atoms with E-state index < -0.39 is 23.5 Å². The number of hydrogen-bond acceptors (Lipinski definition) is 9. The number of benzene rings is 2. The monoisotopic (exact) mass is 578 g/mol. The van der Waals surface area contributed by atoms with Crippen molar-refractivity contribution >= 4 is 49.7 Å².